The Labute approximate surface area is 124 Å². The maximum absolute atomic E-state index is 13.2. The lowest BCUT2D eigenvalue weighted by Crippen LogP contribution is -2.27. The third kappa shape index (κ3) is 6.39. The molecule has 5 nitrogen and oxygen atoms in total. The minimum atomic E-state index is -0.782. The summed E-state index contributed by atoms with van der Waals surface area (Å²) in [6.45, 7) is 4.24. The first kappa shape index (κ1) is 17.8. The van der Waals surface area contributed by atoms with Gasteiger partial charge < -0.3 is 25.1 Å². The van der Waals surface area contributed by atoms with Gasteiger partial charge in [0, 0.05) is 18.7 Å². The van der Waals surface area contributed by atoms with E-state index in [4.69, 9.17) is 19.9 Å². The van der Waals surface area contributed by atoms with Crippen molar-refractivity contribution < 1.29 is 23.7 Å². The molecule has 3 unspecified atom stereocenters. The van der Waals surface area contributed by atoms with Crippen molar-refractivity contribution in [3.63, 3.8) is 0 Å². The topological polar surface area (TPSA) is 73.9 Å². The molecule has 0 bridgehead atoms. The lowest BCUT2D eigenvalue weighted by molar-refractivity contribution is -0.0423. The molecule has 3 N–H and O–H groups in total. The molecule has 1 aromatic rings. The first-order valence-corrected chi connectivity index (χ1v) is 6.90. The predicted molar refractivity (Wildman–Crippen MR) is 77.8 cm³/mol. The number of hydrogen-bond acceptors (Lipinski definition) is 5. The second kappa shape index (κ2) is 8.94. The summed E-state index contributed by atoms with van der Waals surface area (Å²) in [6, 6.07) is 3.79. The van der Waals surface area contributed by atoms with Crippen molar-refractivity contribution in [3.05, 3.63) is 29.6 Å². The van der Waals surface area contributed by atoms with E-state index >= 15 is 0 Å². The highest BCUT2D eigenvalue weighted by Crippen LogP contribution is 2.24. The molecule has 21 heavy (non-hydrogen) atoms. The second-order valence-corrected chi connectivity index (χ2v) is 5.03. The lowest BCUT2D eigenvalue weighted by Gasteiger charge is -2.18. The number of aliphatic hydroxyl groups is 1. The average Bonchev–Trinajstić information content (AvgIpc) is 2.44. The van der Waals surface area contributed by atoms with Gasteiger partial charge >= 0.3 is 0 Å². The van der Waals surface area contributed by atoms with E-state index in [9.17, 15) is 9.50 Å². The zero-order valence-corrected chi connectivity index (χ0v) is 12.7. The number of nitrogens with two attached hydrogens (primary N) is 1. The largest absolute Gasteiger partial charge is 0.490 e. The fraction of sp³-hybridized carbons (Fsp3) is 0.600. The quantitative estimate of drug-likeness (QED) is 0.725. The fourth-order valence-electron chi connectivity index (χ4n) is 1.80. The summed E-state index contributed by atoms with van der Waals surface area (Å²) in [5.41, 5.74) is 6.34. The maximum Gasteiger partial charge on any atom is 0.124 e. The molecular formula is C15H24FNO4. The average molecular weight is 301 g/mol. The molecule has 0 aliphatic heterocycles. The Balaban J connectivity index is 2.47. The van der Waals surface area contributed by atoms with Crippen LogP contribution in [0.25, 0.3) is 0 Å². The summed E-state index contributed by atoms with van der Waals surface area (Å²) in [5.74, 6) is 0.0994. The summed E-state index contributed by atoms with van der Waals surface area (Å²) in [6.07, 6.45) is -0.884. The number of rotatable bonds is 9. The Morgan fingerprint density at radius 2 is 1.95 bits per heavy atom. The maximum atomic E-state index is 13.2. The van der Waals surface area contributed by atoms with Crippen LogP contribution in [0.4, 0.5) is 4.39 Å². The van der Waals surface area contributed by atoms with Gasteiger partial charge in [-0.15, -0.1) is 0 Å². The van der Waals surface area contributed by atoms with Crippen LogP contribution in [0, 0.1) is 5.82 Å². The van der Waals surface area contributed by atoms with Gasteiger partial charge in [-0.25, -0.2) is 4.39 Å². The van der Waals surface area contributed by atoms with Gasteiger partial charge in [-0.2, -0.15) is 0 Å². The molecule has 0 aliphatic rings. The van der Waals surface area contributed by atoms with E-state index in [1.165, 1.54) is 18.2 Å². The van der Waals surface area contributed by atoms with Crippen LogP contribution in [-0.4, -0.2) is 44.2 Å². The Bertz CT molecular complexity index is 428. The third-order valence-electron chi connectivity index (χ3n) is 2.87. The Morgan fingerprint density at radius 1 is 1.24 bits per heavy atom. The highest BCUT2D eigenvalue weighted by Gasteiger charge is 2.13. The summed E-state index contributed by atoms with van der Waals surface area (Å²) >= 11 is 0. The summed E-state index contributed by atoms with van der Waals surface area (Å²) in [5, 5.41) is 9.82. The van der Waals surface area contributed by atoms with Crippen molar-refractivity contribution in [1.29, 1.82) is 0 Å². The van der Waals surface area contributed by atoms with Crippen molar-refractivity contribution in [2.75, 3.05) is 26.9 Å². The van der Waals surface area contributed by atoms with Gasteiger partial charge in [0.05, 0.1) is 19.3 Å². The number of benzene rings is 1. The SMILES string of the molecule is COCC(C)OCC(O)COc1ccc(F)cc1C(C)N. The monoisotopic (exact) mass is 301 g/mol. The molecule has 1 rings (SSSR count). The molecule has 0 saturated carbocycles. The highest BCUT2D eigenvalue weighted by molar-refractivity contribution is 5.36. The normalized spacial score (nSPS) is 15.5. The van der Waals surface area contributed by atoms with Crippen LogP contribution in [0.2, 0.25) is 0 Å². The molecule has 0 aliphatic carbocycles. The van der Waals surface area contributed by atoms with Crippen LogP contribution >= 0.6 is 0 Å². The summed E-state index contributed by atoms with van der Waals surface area (Å²) in [4.78, 5) is 0. The number of hydrogen-bond donors (Lipinski definition) is 2. The summed E-state index contributed by atoms with van der Waals surface area (Å²) < 4.78 is 29.0. The van der Waals surface area contributed by atoms with E-state index in [0.717, 1.165) is 0 Å². The molecule has 0 aromatic heterocycles. The minimum absolute atomic E-state index is 0.0467. The standard InChI is InChI=1S/C15H24FNO4/c1-10(7-19-3)20-8-13(18)9-21-15-5-4-12(16)6-14(15)11(2)17/h4-6,10-11,13,18H,7-9,17H2,1-3H3. The smallest absolute Gasteiger partial charge is 0.124 e. The van der Waals surface area contributed by atoms with E-state index in [2.05, 4.69) is 0 Å². The van der Waals surface area contributed by atoms with Crippen molar-refractivity contribution in [2.24, 2.45) is 5.73 Å². The Kier molecular flexibility index (Phi) is 7.60. The molecule has 3 atom stereocenters. The van der Waals surface area contributed by atoms with Gasteiger partial charge in [-0.3, -0.25) is 0 Å². The molecule has 0 radical (unpaired) electrons. The molecule has 6 heteroatoms. The van der Waals surface area contributed by atoms with Crippen LogP contribution in [0.1, 0.15) is 25.5 Å². The predicted octanol–water partition coefficient (Wildman–Crippen LogP) is 1.64. The van der Waals surface area contributed by atoms with E-state index in [0.29, 0.717) is 17.9 Å². The minimum Gasteiger partial charge on any atom is -0.490 e. The van der Waals surface area contributed by atoms with Crippen molar-refractivity contribution in [3.8, 4) is 5.75 Å². The summed E-state index contributed by atoms with van der Waals surface area (Å²) in [7, 11) is 1.59. The van der Waals surface area contributed by atoms with Gasteiger partial charge in [-0.1, -0.05) is 0 Å². The van der Waals surface area contributed by atoms with Crippen LogP contribution in [-0.2, 0) is 9.47 Å². The number of halogens is 1. The first-order chi connectivity index (χ1) is 9.93. The van der Waals surface area contributed by atoms with Gasteiger partial charge in [0.2, 0.25) is 0 Å². The third-order valence-corrected chi connectivity index (χ3v) is 2.87. The van der Waals surface area contributed by atoms with Gasteiger partial charge in [0.15, 0.2) is 0 Å². The fourth-order valence-corrected chi connectivity index (χ4v) is 1.80. The van der Waals surface area contributed by atoms with E-state index in [-0.39, 0.29) is 31.2 Å². The van der Waals surface area contributed by atoms with Crippen LogP contribution in [0.15, 0.2) is 18.2 Å². The zero-order chi connectivity index (χ0) is 15.8. The molecule has 0 fully saturated rings. The zero-order valence-electron chi connectivity index (χ0n) is 12.7. The van der Waals surface area contributed by atoms with Gasteiger partial charge in [0.1, 0.15) is 24.3 Å². The molecule has 0 spiro atoms. The Morgan fingerprint density at radius 3 is 2.57 bits per heavy atom. The van der Waals surface area contributed by atoms with Crippen LogP contribution < -0.4 is 10.5 Å². The molecular weight excluding hydrogens is 277 g/mol. The van der Waals surface area contributed by atoms with Crippen molar-refractivity contribution in [2.45, 2.75) is 32.1 Å². The molecule has 120 valence electrons. The van der Waals surface area contributed by atoms with E-state index in [1.807, 2.05) is 6.92 Å². The number of aliphatic hydroxyl groups excluding tert-OH is 1. The molecule has 0 saturated heterocycles. The molecule has 1 aromatic carbocycles. The lowest BCUT2D eigenvalue weighted by atomic mass is 10.1. The van der Waals surface area contributed by atoms with Crippen LogP contribution in [0.3, 0.4) is 0 Å². The van der Waals surface area contributed by atoms with E-state index in [1.54, 1.807) is 14.0 Å². The van der Waals surface area contributed by atoms with Gasteiger partial charge in [-0.05, 0) is 32.0 Å². The molecule has 0 amide bonds. The Hall–Kier alpha value is -1.21. The number of ether oxygens (including phenoxy) is 3. The second-order valence-electron chi connectivity index (χ2n) is 5.03. The van der Waals surface area contributed by atoms with Gasteiger partial charge in [0.25, 0.3) is 0 Å². The number of methoxy groups -OCH3 is 1. The van der Waals surface area contributed by atoms with Crippen molar-refractivity contribution >= 4 is 0 Å². The molecule has 0 heterocycles. The van der Waals surface area contributed by atoms with Crippen LogP contribution in [0.5, 0.6) is 5.75 Å². The first-order valence-electron chi connectivity index (χ1n) is 6.90. The van der Waals surface area contributed by atoms with Crippen molar-refractivity contribution in [1.82, 2.24) is 0 Å². The van der Waals surface area contributed by atoms with E-state index < -0.39 is 6.10 Å². The highest BCUT2D eigenvalue weighted by atomic mass is 19.1.